The van der Waals surface area contributed by atoms with Gasteiger partial charge in [-0.2, -0.15) is 4.99 Å². The second kappa shape index (κ2) is 6.32. The van der Waals surface area contributed by atoms with Crippen LogP contribution >= 0.6 is 0 Å². The van der Waals surface area contributed by atoms with Gasteiger partial charge in [0, 0.05) is 18.2 Å². The fraction of sp³-hybridized carbons (Fsp3) is 0.333. The molecule has 1 saturated carbocycles. The lowest BCUT2D eigenvalue weighted by atomic mass is 9.87. The van der Waals surface area contributed by atoms with E-state index in [9.17, 15) is 0 Å². The van der Waals surface area contributed by atoms with Crippen LogP contribution in [0.3, 0.4) is 0 Å². The van der Waals surface area contributed by atoms with Crippen molar-refractivity contribution in [2.45, 2.75) is 37.8 Å². The molecule has 1 aliphatic heterocycles. The number of halogens is 1. The lowest BCUT2D eigenvalue weighted by Gasteiger charge is -2.37. The van der Waals surface area contributed by atoms with Crippen LogP contribution in [0.4, 0.5) is 5.69 Å². The molecule has 5 N–H and O–H groups in total. The third-order valence-electron chi connectivity index (χ3n) is 4.90. The molecule has 2 aromatic rings. The van der Waals surface area contributed by atoms with E-state index in [0.29, 0.717) is 11.9 Å². The van der Waals surface area contributed by atoms with Gasteiger partial charge in [0.2, 0.25) is 0 Å². The van der Waals surface area contributed by atoms with Gasteiger partial charge in [-0.15, -0.1) is 0 Å². The number of hydrogen-bond acceptors (Lipinski definition) is 4. The van der Waals surface area contributed by atoms with Crippen molar-refractivity contribution < 1.29 is 17.0 Å². The average Bonchev–Trinajstić information content (AvgIpc) is 2.55. The van der Waals surface area contributed by atoms with Crippen LogP contribution in [-0.4, -0.2) is 22.2 Å². The summed E-state index contributed by atoms with van der Waals surface area (Å²) in [6.45, 7) is 0. The van der Waals surface area contributed by atoms with Crippen molar-refractivity contribution in [3.8, 4) is 0 Å². The molecule has 1 spiro atoms. The Labute approximate surface area is 147 Å². The molecule has 0 unspecified atom stereocenters. The van der Waals surface area contributed by atoms with Crippen LogP contribution in [0.5, 0.6) is 0 Å². The van der Waals surface area contributed by atoms with Crippen LogP contribution in [-0.2, 0) is 0 Å². The first-order chi connectivity index (χ1) is 11.2. The quantitative estimate of drug-likeness (QED) is 0.604. The van der Waals surface area contributed by atoms with E-state index in [2.05, 4.69) is 52.4 Å². The first-order valence-corrected chi connectivity index (χ1v) is 8.22. The number of nitrogens with zero attached hydrogens (tertiary/aromatic N) is 2. The van der Waals surface area contributed by atoms with Gasteiger partial charge in [-0.3, -0.25) is 5.73 Å². The highest BCUT2D eigenvalue weighted by Gasteiger charge is 2.44. The Morgan fingerprint density at radius 2 is 1.67 bits per heavy atom. The number of rotatable bonds is 1. The molecule has 2 aliphatic rings. The van der Waals surface area contributed by atoms with Crippen LogP contribution in [0, 0.1) is 0 Å². The number of benzene rings is 2. The van der Waals surface area contributed by atoms with Gasteiger partial charge in [0.1, 0.15) is 5.69 Å². The smallest absolute Gasteiger partial charge is 0.357 e. The highest BCUT2D eigenvalue weighted by atomic mass is 35.5. The Morgan fingerprint density at radius 3 is 2.46 bits per heavy atom. The van der Waals surface area contributed by atoms with Crippen LogP contribution in [0.25, 0.3) is 10.8 Å². The van der Waals surface area contributed by atoms with E-state index in [1.165, 1.54) is 17.2 Å². The summed E-state index contributed by atoms with van der Waals surface area (Å²) in [5.74, 6) is 0.983. The van der Waals surface area contributed by atoms with Gasteiger partial charge in [-0.05, 0) is 24.3 Å². The maximum atomic E-state index is 6.37. The van der Waals surface area contributed by atoms with Gasteiger partial charge < -0.3 is 18.1 Å². The molecule has 2 aromatic carbocycles. The number of nitrogens with two attached hydrogens (primary N) is 2. The molecule has 0 amide bonds. The summed E-state index contributed by atoms with van der Waals surface area (Å²) >= 11 is 0. The van der Waals surface area contributed by atoms with Gasteiger partial charge >= 0.3 is 5.96 Å². The van der Waals surface area contributed by atoms with Crippen molar-refractivity contribution in [2.24, 2.45) is 16.5 Å². The second-order valence-corrected chi connectivity index (χ2v) is 6.38. The first-order valence-electron chi connectivity index (χ1n) is 8.22. The Bertz CT molecular complexity index is 816. The number of hydrogen-bond donors (Lipinski definition) is 3. The predicted octanol–water partition coefficient (Wildman–Crippen LogP) is -0.619. The number of aliphatic imine (C=N–C) groups is 1. The minimum absolute atomic E-state index is 0. The molecule has 6 heteroatoms. The molecule has 0 aromatic heterocycles. The summed E-state index contributed by atoms with van der Waals surface area (Å²) in [6.07, 6.45) is 5.48. The molecule has 126 valence electrons. The van der Waals surface area contributed by atoms with E-state index in [1.54, 1.807) is 0 Å². The molecule has 5 nitrogen and oxygen atoms in total. The largest absolute Gasteiger partial charge is 1.00 e. The van der Waals surface area contributed by atoms with Crippen LogP contribution in [0.15, 0.2) is 47.5 Å². The van der Waals surface area contributed by atoms with Crippen LogP contribution in [0.2, 0.25) is 0 Å². The minimum Gasteiger partial charge on any atom is -1.00 e. The molecule has 1 aliphatic carbocycles. The fourth-order valence-electron chi connectivity index (χ4n) is 3.92. The molecule has 24 heavy (non-hydrogen) atoms. The van der Waals surface area contributed by atoms with Gasteiger partial charge in [-0.1, -0.05) is 42.8 Å². The van der Waals surface area contributed by atoms with E-state index in [-0.39, 0.29) is 18.1 Å². The lowest BCUT2D eigenvalue weighted by molar-refractivity contribution is -0.541. The lowest BCUT2D eigenvalue weighted by Crippen LogP contribution is -3.00. The van der Waals surface area contributed by atoms with E-state index in [4.69, 9.17) is 16.5 Å². The van der Waals surface area contributed by atoms with Gasteiger partial charge in [0.15, 0.2) is 5.66 Å². The Balaban J connectivity index is 0.00000169. The minimum atomic E-state index is -0.359. The van der Waals surface area contributed by atoms with E-state index in [1.807, 2.05) is 0 Å². The molecule has 1 fully saturated rings. The van der Waals surface area contributed by atoms with Crippen LogP contribution < -0.4 is 29.2 Å². The predicted molar refractivity (Wildman–Crippen MR) is 93.6 cm³/mol. The third-order valence-corrected chi connectivity index (χ3v) is 4.90. The zero-order valence-corrected chi connectivity index (χ0v) is 14.3. The molecule has 0 saturated heterocycles. The fourth-order valence-corrected chi connectivity index (χ4v) is 3.92. The molecule has 1 heterocycles. The summed E-state index contributed by atoms with van der Waals surface area (Å²) in [5, 5.41) is 5.39. The summed E-state index contributed by atoms with van der Waals surface area (Å²) < 4.78 is 2.16. The highest BCUT2D eigenvalue weighted by Crippen LogP contribution is 2.39. The molecule has 4 rings (SSSR count). The first kappa shape index (κ1) is 16.6. The summed E-state index contributed by atoms with van der Waals surface area (Å²) in [4.78, 5) is 4.80. The highest BCUT2D eigenvalue weighted by molar-refractivity contribution is 5.98. The maximum Gasteiger partial charge on any atom is 0.357 e. The standard InChI is InChI=1S/C18H21N5.ClH/c19-16-21-17(20)23(18(22-16)11-4-1-5-12-18)15-10-6-8-13-7-2-3-9-14(13)15;/h2-3,6-10H,1,4-5,11-12H2,(H4,19,20,21,22);1H. The third kappa shape index (κ3) is 2.59. The van der Waals surface area contributed by atoms with Crippen molar-refractivity contribution in [1.29, 1.82) is 0 Å². The Morgan fingerprint density at radius 1 is 0.958 bits per heavy atom. The number of guanidine groups is 2. The topological polar surface area (TPSA) is 79.4 Å². The van der Waals surface area contributed by atoms with Crippen molar-refractivity contribution in [3.63, 3.8) is 0 Å². The van der Waals surface area contributed by atoms with Crippen molar-refractivity contribution in [2.75, 3.05) is 0 Å². The summed E-state index contributed by atoms with van der Waals surface area (Å²) in [6, 6.07) is 14.7. The molecule has 0 atom stereocenters. The summed E-state index contributed by atoms with van der Waals surface area (Å²) in [5.41, 5.74) is 13.1. The van der Waals surface area contributed by atoms with Gasteiger partial charge in [-0.25, -0.2) is 9.89 Å². The zero-order valence-electron chi connectivity index (χ0n) is 13.5. The SMILES string of the molecule is NC1=NC2(CCCCC2)[N+](c2cccc3ccccc23)=C(N)N1.[Cl-]. The molecule has 0 radical (unpaired) electrons. The zero-order chi connectivity index (χ0) is 15.9. The molecular weight excluding hydrogens is 322 g/mol. The number of nitrogens with one attached hydrogen (secondary N) is 1. The summed E-state index contributed by atoms with van der Waals surface area (Å²) in [7, 11) is 0. The molecular formula is C18H22ClN5. The monoisotopic (exact) mass is 343 g/mol. The second-order valence-electron chi connectivity index (χ2n) is 6.38. The average molecular weight is 344 g/mol. The van der Waals surface area contributed by atoms with E-state index >= 15 is 0 Å². The van der Waals surface area contributed by atoms with E-state index < -0.39 is 0 Å². The van der Waals surface area contributed by atoms with Gasteiger partial charge in [0.05, 0.1) is 0 Å². The Hall–Kier alpha value is -2.27. The Kier molecular flexibility index (Phi) is 4.37. The maximum absolute atomic E-state index is 6.37. The molecule has 0 bridgehead atoms. The number of fused-ring (bicyclic) bond motifs is 1. The van der Waals surface area contributed by atoms with Crippen molar-refractivity contribution in [1.82, 2.24) is 5.32 Å². The van der Waals surface area contributed by atoms with E-state index in [0.717, 1.165) is 31.4 Å². The van der Waals surface area contributed by atoms with Gasteiger partial charge in [0.25, 0.3) is 5.96 Å². The normalized spacial score (nSPS) is 19.6. The van der Waals surface area contributed by atoms with Crippen molar-refractivity contribution in [3.05, 3.63) is 42.5 Å². The van der Waals surface area contributed by atoms with Crippen LogP contribution in [0.1, 0.15) is 32.1 Å². The van der Waals surface area contributed by atoms with Crippen molar-refractivity contribution >= 4 is 28.4 Å².